The van der Waals surface area contributed by atoms with Crippen molar-refractivity contribution in [2.75, 3.05) is 88.2 Å². The number of rotatable bonds is 12. The zero-order valence-electron chi connectivity index (χ0n) is 31.3. The Hall–Kier alpha value is -4.41. The van der Waals surface area contributed by atoms with Gasteiger partial charge in [-0.15, -0.1) is 0 Å². The lowest BCUT2D eigenvalue weighted by atomic mass is 9.71. The van der Waals surface area contributed by atoms with Gasteiger partial charge in [0.05, 0.1) is 12.5 Å². The van der Waals surface area contributed by atoms with Gasteiger partial charge in [-0.25, -0.2) is 4.98 Å². The van der Waals surface area contributed by atoms with Gasteiger partial charge in [0.25, 0.3) is 5.56 Å². The van der Waals surface area contributed by atoms with Gasteiger partial charge in [-0.2, -0.15) is 0 Å². The number of aromatic nitrogens is 2. The van der Waals surface area contributed by atoms with Gasteiger partial charge in [-0.05, 0) is 86.1 Å². The van der Waals surface area contributed by atoms with E-state index in [1.807, 2.05) is 20.3 Å². The number of hydrogen-bond acceptors (Lipinski definition) is 9. The SMILES string of the molecule is CCCc1ccc(N2CC3(CCN(CC4CN(Cc5c(NC)cc(-c6cn(C)c(=O)c7cnc(N8CCC8)cc67)cc5OC)C4)CC3)C2)cc1C=O. The Bertz CT molecular complexity index is 1990. The molecule has 0 atom stereocenters. The van der Waals surface area contributed by atoms with E-state index >= 15 is 0 Å². The molecule has 4 aliphatic rings. The van der Waals surface area contributed by atoms with E-state index in [9.17, 15) is 9.59 Å². The highest BCUT2D eigenvalue weighted by Gasteiger charge is 2.45. The lowest BCUT2D eigenvalue weighted by Gasteiger charge is -2.55. The van der Waals surface area contributed by atoms with Crippen molar-refractivity contribution in [2.45, 2.75) is 45.6 Å². The van der Waals surface area contributed by atoms with Gasteiger partial charge in [0.2, 0.25) is 0 Å². The molecule has 10 heteroatoms. The van der Waals surface area contributed by atoms with Crippen LogP contribution in [0.3, 0.4) is 0 Å². The van der Waals surface area contributed by atoms with E-state index in [1.54, 1.807) is 17.9 Å². The summed E-state index contributed by atoms with van der Waals surface area (Å²) in [5.74, 6) is 2.47. The fraction of sp³-hybridized carbons (Fsp3) is 0.500. The second-order valence-electron chi connectivity index (χ2n) is 15.8. The minimum absolute atomic E-state index is 0.0382. The predicted octanol–water partition coefficient (Wildman–Crippen LogP) is 5.66. The Labute approximate surface area is 307 Å². The van der Waals surface area contributed by atoms with Crippen molar-refractivity contribution in [1.29, 1.82) is 0 Å². The van der Waals surface area contributed by atoms with Crippen molar-refractivity contribution in [2.24, 2.45) is 18.4 Å². The highest BCUT2D eigenvalue weighted by Crippen LogP contribution is 2.44. The third-order valence-corrected chi connectivity index (χ3v) is 12.3. The summed E-state index contributed by atoms with van der Waals surface area (Å²) in [5, 5.41) is 5.01. The third-order valence-electron chi connectivity index (χ3n) is 12.3. The first-order valence-electron chi connectivity index (χ1n) is 19.2. The molecule has 0 radical (unpaired) electrons. The largest absolute Gasteiger partial charge is 0.496 e. The summed E-state index contributed by atoms with van der Waals surface area (Å²) in [4.78, 5) is 39.4. The molecule has 6 heterocycles. The molecule has 0 aliphatic carbocycles. The number of aryl methyl sites for hydroxylation is 2. The fourth-order valence-electron chi connectivity index (χ4n) is 9.03. The molecule has 2 aromatic heterocycles. The Morgan fingerprint density at radius 3 is 2.46 bits per heavy atom. The summed E-state index contributed by atoms with van der Waals surface area (Å²) in [5.41, 5.74) is 7.83. The molecule has 10 nitrogen and oxygen atoms in total. The van der Waals surface area contributed by atoms with Gasteiger partial charge in [0, 0.05) is 118 Å². The first-order chi connectivity index (χ1) is 25.3. The van der Waals surface area contributed by atoms with Gasteiger partial charge < -0.3 is 29.3 Å². The van der Waals surface area contributed by atoms with Gasteiger partial charge >= 0.3 is 0 Å². The number of carbonyl (C=O) groups is 1. The number of hydrogen-bond donors (Lipinski definition) is 1. The smallest absolute Gasteiger partial charge is 0.259 e. The van der Waals surface area contributed by atoms with Crippen molar-refractivity contribution in [3.63, 3.8) is 0 Å². The topological polar surface area (TPSA) is 86.2 Å². The predicted molar refractivity (Wildman–Crippen MR) is 210 cm³/mol. The van der Waals surface area contributed by atoms with Crippen molar-refractivity contribution in [3.05, 3.63) is 75.8 Å². The van der Waals surface area contributed by atoms with Crippen LogP contribution in [-0.2, 0) is 20.0 Å². The van der Waals surface area contributed by atoms with E-state index in [2.05, 4.69) is 73.2 Å². The van der Waals surface area contributed by atoms with Crippen LogP contribution in [0.1, 0.15) is 54.1 Å². The van der Waals surface area contributed by atoms with E-state index in [0.29, 0.717) is 16.7 Å². The Morgan fingerprint density at radius 2 is 1.79 bits per heavy atom. The molecule has 274 valence electrons. The summed E-state index contributed by atoms with van der Waals surface area (Å²) in [6.45, 7) is 12.9. The molecule has 0 amide bonds. The number of pyridine rings is 2. The summed E-state index contributed by atoms with van der Waals surface area (Å²) < 4.78 is 7.69. The minimum atomic E-state index is -0.0382. The average Bonchev–Trinajstić information content (AvgIpc) is 3.11. The molecule has 4 aromatic rings. The van der Waals surface area contributed by atoms with Crippen molar-refractivity contribution in [3.8, 4) is 16.9 Å². The monoisotopic (exact) mass is 703 g/mol. The van der Waals surface area contributed by atoms with Gasteiger partial charge in [0.15, 0.2) is 0 Å². The molecule has 1 spiro atoms. The van der Waals surface area contributed by atoms with E-state index in [4.69, 9.17) is 4.74 Å². The number of piperidine rings is 1. The van der Waals surface area contributed by atoms with Gasteiger partial charge in [-0.3, -0.25) is 14.5 Å². The zero-order chi connectivity index (χ0) is 36.0. The molecule has 1 N–H and O–H groups in total. The standard InChI is InChI=1S/C42H53N7O3/c1-5-7-30-8-9-33(16-32(30)26-50)49-27-42(28-49)10-14-46(15-11-42)21-29-22-47(23-29)25-37-38(43-2)17-31(18-39(37)52-4)36-24-45(3)41(51)35-20-44-40(19-34(35)36)48-12-6-13-48/h8-9,16-20,24,26,29,43H,5-7,10-15,21-23,25,27-28H2,1-4H3. The minimum Gasteiger partial charge on any atom is -0.496 e. The van der Waals surface area contributed by atoms with E-state index in [-0.39, 0.29) is 5.56 Å². The number of carbonyl (C=O) groups excluding carboxylic acids is 1. The molecular weight excluding hydrogens is 651 g/mol. The zero-order valence-corrected chi connectivity index (χ0v) is 31.3. The number of fused-ring (bicyclic) bond motifs is 1. The fourth-order valence-corrected chi connectivity index (χ4v) is 9.03. The van der Waals surface area contributed by atoms with E-state index < -0.39 is 0 Å². The van der Waals surface area contributed by atoms with Crippen LogP contribution >= 0.6 is 0 Å². The number of nitrogens with zero attached hydrogens (tertiary/aromatic N) is 6. The number of methoxy groups -OCH3 is 1. The average molecular weight is 704 g/mol. The van der Waals surface area contributed by atoms with Gasteiger partial charge in [0.1, 0.15) is 17.9 Å². The van der Waals surface area contributed by atoms with E-state index in [0.717, 1.165) is 104 Å². The second-order valence-corrected chi connectivity index (χ2v) is 15.8. The molecule has 8 rings (SSSR count). The molecule has 0 unspecified atom stereocenters. The van der Waals surface area contributed by atoms with Crippen LogP contribution < -0.4 is 25.4 Å². The maximum atomic E-state index is 13.1. The number of aldehydes is 1. The Balaban J connectivity index is 0.883. The summed E-state index contributed by atoms with van der Waals surface area (Å²) >= 11 is 0. The highest BCUT2D eigenvalue weighted by atomic mass is 16.5. The molecule has 4 fully saturated rings. The second kappa shape index (κ2) is 14.2. The van der Waals surface area contributed by atoms with Crippen LogP contribution in [-0.4, -0.2) is 98.7 Å². The number of nitrogens with one attached hydrogen (secondary N) is 1. The molecule has 52 heavy (non-hydrogen) atoms. The number of benzene rings is 2. The molecule has 0 saturated carbocycles. The van der Waals surface area contributed by atoms with Crippen LogP contribution in [0.15, 0.2) is 53.6 Å². The maximum Gasteiger partial charge on any atom is 0.259 e. The lowest BCUT2D eigenvalue weighted by molar-refractivity contribution is 0.0251. The van der Waals surface area contributed by atoms with Crippen molar-refractivity contribution >= 4 is 34.3 Å². The number of ether oxygens (including phenoxy) is 1. The molecule has 0 bridgehead atoms. The Kier molecular flexibility index (Phi) is 9.46. The van der Waals surface area contributed by atoms with Crippen LogP contribution in [0, 0.1) is 11.3 Å². The molecule has 4 aliphatic heterocycles. The molecule has 2 aromatic carbocycles. The Morgan fingerprint density at radius 1 is 1.00 bits per heavy atom. The van der Waals surface area contributed by atoms with Gasteiger partial charge in [-0.1, -0.05) is 19.4 Å². The first-order valence-corrected chi connectivity index (χ1v) is 19.2. The van der Waals surface area contributed by atoms with Crippen LogP contribution in [0.4, 0.5) is 17.2 Å². The van der Waals surface area contributed by atoms with Crippen molar-refractivity contribution in [1.82, 2.24) is 19.4 Å². The van der Waals surface area contributed by atoms with Crippen molar-refractivity contribution < 1.29 is 9.53 Å². The summed E-state index contributed by atoms with van der Waals surface area (Å²) in [7, 11) is 5.53. The molecular formula is C42H53N7O3. The number of anilines is 3. The highest BCUT2D eigenvalue weighted by molar-refractivity contribution is 5.97. The normalized spacial score (nSPS) is 19.0. The first kappa shape index (κ1) is 34.7. The third kappa shape index (κ3) is 6.45. The summed E-state index contributed by atoms with van der Waals surface area (Å²) in [6, 6.07) is 12.9. The van der Waals surface area contributed by atoms with Crippen LogP contribution in [0.2, 0.25) is 0 Å². The molecule has 4 saturated heterocycles. The quantitative estimate of drug-likeness (QED) is 0.188. The summed E-state index contributed by atoms with van der Waals surface area (Å²) in [6.07, 6.45) is 10.4. The van der Waals surface area contributed by atoms with Crippen LogP contribution in [0.5, 0.6) is 5.75 Å². The lowest BCUT2D eigenvalue weighted by Crippen LogP contribution is -2.61. The maximum absolute atomic E-state index is 13.1. The van der Waals surface area contributed by atoms with E-state index in [1.165, 1.54) is 55.7 Å². The van der Waals surface area contributed by atoms with Crippen LogP contribution in [0.25, 0.3) is 21.9 Å². The number of likely N-dealkylation sites (tertiary alicyclic amines) is 2.